The summed E-state index contributed by atoms with van der Waals surface area (Å²) in [5, 5.41) is 7.55. The molecule has 13 rings (SSSR count). The number of fused-ring (bicyclic) bond motifs is 9. The average molecular weight is 786 g/mol. The van der Waals surface area contributed by atoms with Crippen LogP contribution in [0.1, 0.15) is 22.3 Å². The number of para-hydroxylation sites is 1. The smallest absolute Gasteiger partial charge is 0.0725 e. The van der Waals surface area contributed by atoms with Gasteiger partial charge >= 0.3 is 0 Å². The van der Waals surface area contributed by atoms with E-state index in [1.165, 1.54) is 99.1 Å². The van der Waals surface area contributed by atoms with Gasteiger partial charge in [-0.3, -0.25) is 0 Å². The van der Waals surface area contributed by atoms with Gasteiger partial charge in [0.05, 0.1) is 16.8 Å². The van der Waals surface area contributed by atoms with Crippen molar-refractivity contribution in [3.05, 3.63) is 259 Å². The van der Waals surface area contributed by atoms with E-state index in [1.54, 1.807) is 0 Å². The van der Waals surface area contributed by atoms with Crippen LogP contribution in [0.25, 0.3) is 76.8 Å². The Kier molecular flexibility index (Phi) is 7.59. The van der Waals surface area contributed by atoms with Gasteiger partial charge in [-0.25, -0.2) is 0 Å². The van der Waals surface area contributed by atoms with E-state index in [0.717, 1.165) is 17.1 Å². The first kappa shape index (κ1) is 34.8. The van der Waals surface area contributed by atoms with E-state index in [0.29, 0.717) is 0 Å². The molecule has 0 radical (unpaired) electrons. The molecule has 1 atom stereocenters. The predicted molar refractivity (Wildman–Crippen MR) is 261 cm³/mol. The summed E-state index contributed by atoms with van der Waals surface area (Å²) in [6.07, 6.45) is 0. The van der Waals surface area contributed by atoms with Crippen molar-refractivity contribution < 1.29 is 0 Å². The first-order valence-electron chi connectivity index (χ1n) is 21.6. The topological polar surface area (TPSA) is 3.24 Å². The maximum Gasteiger partial charge on any atom is 0.0725 e. The Balaban J connectivity index is 1.16. The number of benzene rings is 11. The Morgan fingerprint density at radius 2 is 0.742 bits per heavy atom. The molecule has 11 aromatic rings. The molecule has 2 aliphatic rings. The normalized spacial score (nSPS) is 14.5. The van der Waals surface area contributed by atoms with Crippen LogP contribution >= 0.6 is 0 Å². The summed E-state index contributed by atoms with van der Waals surface area (Å²) in [6, 6.07) is 88.1. The van der Waals surface area contributed by atoms with Crippen LogP contribution in [0.5, 0.6) is 0 Å². The first-order chi connectivity index (χ1) is 30.8. The highest BCUT2D eigenvalue weighted by atomic mass is 15.1. The minimum absolute atomic E-state index is 0.587. The second kappa shape index (κ2) is 13.5. The molecule has 11 aromatic carbocycles. The molecule has 2 aliphatic carbocycles. The van der Waals surface area contributed by atoms with Crippen LogP contribution in [0.4, 0.5) is 17.1 Å². The summed E-state index contributed by atoms with van der Waals surface area (Å²) in [6.45, 7) is 0. The predicted octanol–water partition coefficient (Wildman–Crippen LogP) is 16.3. The zero-order chi connectivity index (χ0) is 40.8. The molecule has 1 unspecified atom stereocenters. The van der Waals surface area contributed by atoms with Gasteiger partial charge in [-0.15, -0.1) is 0 Å². The highest BCUT2D eigenvalue weighted by molar-refractivity contribution is 6.16. The highest BCUT2D eigenvalue weighted by Crippen LogP contribution is 2.62. The van der Waals surface area contributed by atoms with Crippen molar-refractivity contribution in [1.82, 2.24) is 0 Å². The molecule has 0 aliphatic heterocycles. The summed E-state index contributed by atoms with van der Waals surface area (Å²) < 4.78 is 0. The van der Waals surface area contributed by atoms with Crippen molar-refractivity contribution in [2.75, 3.05) is 4.90 Å². The summed E-state index contributed by atoms with van der Waals surface area (Å²) in [5.41, 5.74) is 18.1. The Morgan fingerprint density at radius 1 is 0.274 bits per heavy atom. The number of hydrogen-bond donors (Lipinski definition) is 0. The Bertz CT molecular complexity index is 3570. The lowest BCUT2D eigenvalue weighted by Crippen LogP contribution is -2.36. The minimum Gasteiger partial charge on any atom is -0.309 e. The van der Waals surface area contributed by atoms with E-state index in [1.807, 2.05) is 0 Å². The van der Waals surface area contributed by atoms with E-state index < -0.39 is 5.41 Å². The quantitative estimate of drug-likeness (QED) is 0.168. The Morgan fingerprint density at radius 3 is 1.39 bits per heavy atom. The lowest BCUT2D eigenvalue weighted by molar-refractivity contribution is 0.754. The number of rotatable bonds is 5. The monoisotopic (exact) mass is 785 g/mol. The summed E-state index contributed by atoms with van der Waals surface area (Å²) >= 11 is 0. The largest absolute Gasteiger partial charge is 0.309 e. The Hall–Kier alpha value is -8.00. The molecular weight excluding hydrogens is 747 g/mol. The second-order valence-corrected chi connectivity index (χ2v) is 16.7. The fourth-order valence-electron chi connectivity index (χ4n) is 11.1. The maximum atomic E-state index is 2.50. The maximum absolute atomic E-state index is 2.50. The molecule has 0 saturated heterocycles. The van der Waals surface area contributed by atoms with Crippen LogP contribution in [0.2, 0.25) is 0 Å². The minimum atomic E-state index is -0.587. The van der Waals surface area contributed by atoms with E-state index in [9.17, 15) is 0 Å². The second-order valence-electron chi connectivity index (χ2n) is 16.7. The third-order valence-corrected chi connectivity index (χ3v) is 13.6. The van der Waals surface area contributed by atoms with Crippen LogP contribution in [-0.2, 0) is 5.41 Å². The zero-order valence-electron chi connectivity index (χ0n) is 34.0. The zero-order valence-corrected chi connectivity index (χ0v) is 34.0. The van der Waals surface area contributed by atoms with Crippen molar-refractivity contribution >= 4 is 49.4 Å². The highest BCUT2D eigenvalue weighted by Gasteiger charge is 2.48. The number of anilines is 3. The van der Waals surface area contributed by atoms with Gasteiger partial charge in [-0.1, -0.05) is 206 Å². The average Bonchev–Trinajstić information content (AvgIpc) is 3.35. The summed E-state index contributed by atoms with van der Waals surface area (Å²) in [4.78, 5) is 2.50. The fraction of sp³-hybridized carbons (Fsp3) is 0.0164. The number of hydrogen-bond acceptors (Lipinski definition) is 1. The molecule has 1 spiro atoms. The van der Waals surface area contributed by atoms with Crippen LogP contribution in [0.3, 0.4) is 0 Å². The van der Waals surface area contributed by atoms with Gasteiger partial charge in [-0.2, -0.15) is 0 Å². The van der Waals surface area contributed by atoms with Crippen LogP contribution < -0.4 is 4.90 Å². The summed E-state index contributed by atoms with van der Waals surface area (Å²) in [7, 11) is 0. The van der Waals surface area contributed by atoms with Gasteiger partial charge < -0.3 is 4.90 Å². The third kappa shape index (κ3) is 4.85. The van der Waals surface area contributed by atoms with E-state index in [-0.39, 0.29) is 0 Å². The van der Waals surface area contributed by atoms with Crippen molar-refractivity contribution in [3.63, 3.8) is 0 Å². The first-order valence-corrected chi connectivity index (χ1v) is 21.6. The summed E-state index contributed by atoms with van der Waals surface area (Å²) in [5.74, 6) is 0. The van der Waals surface area contributed by atoms with E-state index >= 15 is 0 Å². The molecule has 0 aromatic heterocycles. The molecule has 0 fully saturated rings. The van der Waals surface area contributed by atoms with Crippen LogP contribution in [0.15, 0.2) is 237 Å². The molecule has 1 heteroatoms. The molecule has 288 valence electrons. The lowest BCUT2D eigenvalue weighted by atomic mass is 9.55. The molecule has 0 N–H and O–H groups in total. The third-order valence-electron chi connectivity index (χ3n) is 13.6. The van der Waals surface area contributed by atoms with Crippen molar-refractivity contribution in [2.45, 2.75) is 5.41 Å². The van der Waals surface area contributed by atoms with Crippen LogP contribution in [0, 0.1) is 0 Å². The van der Waals surface area contributed by atoms with E-state index in [2.05, 4.69) is 241 Å². The van der Waals surface area contributed by atoms with Crippen molar-refractivity contribution in [1.29, 1.82) is 0 Å². The molecule has 0 heterocycles. The van der Waals surface area contributed by atoms with Gasteiger partial charge in [0.15, 0.2) is 0 Å². The van der Waals surface area contributed by atoms with Gasteiger partial charge in [0, 0.05) is 16.6 Å². The van der Waals surface area contributed by atoms with Gasteiger partial charge in [0.25, 0.3) is 0 Å². The van der Waals surface area contributed by atoms with Crippen LogP contribution in [-0.4, -0.2) is 0 Å². The molecule has 62 heavy (non-hydrogen) atoms. The Labute approximate surface area is 361 Å². The lowest BCUT2D eigenvalue weighted by Gasteiger charge is -2.46. The van der Waals surface area contributed by atoms with Crippen molar-refractivity contribution in [3.8, 4) is 44.5 Å². The SMILES string of the molecule is c1ccc(-c2cc3ccccc3cc2N(c2ccccc2)c2ccc3c4c(cccc24)C2(c4ccccc4-c4ccc(-c5ccccc5)c5cccc2c45)c2ccccc2-3)cc1. The van der Waals surface area contributed by atoms with E-state index in [4.69, 9.17) is 0 Å². The van der Waals surface area contributed by atoms with Gasteiger partial charge in [0.2, 0.25) is 0 Å². The molecular formula is C61H39N. The van der Waals surface area contributed by atoms with Gasteiger partial charge in [0.1, 0.15) is 0 Å². The van der Waals surface area contributed by atoms with Gasteiger partial charge in [-0.05, 0) is 118 Å². The molecule has 0 amide bonds. The van der Waals surface area contributed by atoms with Crippen molar-refractivity contribution in [2.24, 2.45) is 0 Å². The molecule has 0 bridgehead atoms. The number of nitrogens with zero attached hydrogens (tertiary/aromatic N) is 1. The standard InChI is InChI=1S/C61H39N/c1-4-18-40(19-5-1)45-34-35-49-46-26-12-14-30-53(46)61(55-32-16-28-48(45)59(49)55)54-31-15-13-27-47(54)50-36-37-57(51-29-17-33-56(61)60(50)51)62(44-24-8-3-9-25-44)58-39-43-23-11-10-22-42(43)38-52(58)41-20-6-2-7-21-41/h1-39H. The molecule has 0 saturated carbocycles. The fourth-order valence-corrected chi connectivity index (χ4v) is 11.1. The molecule has 1 nitrogen and oxygen atoms in total.